The molecule has 3 aromatic rings. The maximum absolute atomic E-state index is 14.3. The molecule has 0 spiro atoms. The zero-order chi connectivity index (χ0) is 22.9. The van der Waals surface area contributed by atoms with Crippen molar-refractivity contribution in [1.29, 1.82) is 0 Å². The summed E-state index contributed by atoms with van der Waals surface area (Å²) in [6.45, 7) is 13.6. The second-order valence-electron chi connectivity index (χ2n) is 8.53. The molecule has 1 fully saturated rings. The molecular formula is C21H23FN8O2. The Labute approximate surface area is 184 Å². The third-order valence-electron chi connectivity index (χ3n) is 5.06. The number of aromatic nitrogens is 5. The molecule has 1 N–H and O–H groups in total. The molecule has 3 heterocycles. The lowest BCUT2D eigenvalue weighted by Gasteiger charge is -2.33. The van der Waals surface area contributed by atoms with Gasteiger partial charge in [0.15, 0.2) is 22.7 Å². The van der Waals surface area contributed by atoms with E-state index < -0.39 is 11.4 Å². The van der Waals surface area contributed by atoms with Crippen molar-refractivity contribution in [2.75, 3.05) is 18.4 Å². The molecule has 1 aliphatic rings. The summed E-state index contributed by atoms with van der Waals surface area (Å²) in [5, 5.41) is 11.4. The SMILES string of the molecule is [C-]#[N+]c1ccc(Nc2ncnc3c2nnn3C2CCN(C(=O)OC(C)(C)C)CC2)c(F)c1. The van der Waals surface area contributed by atoms with Crippen molar-refractivity contribution in [1.82, 2.24) is 29.9 Å². The normalized spacial score (nSPS) is 14.9. The minimum Gasteiger partial charge on any atom is -0.444 e. The number of hydrogen-bond acceptors (Lipinski definition) is 7. The second kappa shape index (κ2) is 8.37. The summed E-state index contributed by atoms with van der Waals surface area (Å²) in [7, 11) is 0. The zero-order valence-electron chi connectivity index (χ0n) is 18.0. The molecule has 0 radical (unpaired) electrons. The Hall–Kier alpha value is -3.81. The smallest absolute Gasteiger partial charge is 0.410 e. The van der Waals surface area contributed by atoms with Gasteiger partial charge in [0.25, 0.3) is 0 Å². The summed E-state index contributed by atoms with van der Waals surface area (Å²) < 4.78 is 21.5. The van der Waals surface area contributed by atoms with Gasteiger partial charge in [0.2, 0.25) is 0 Å². The Kier molecular flexibility index (Phi) is 5.61. The van der Waals surface area contributed by atoms with E-state index in [1.807, 2.05) is 20.8 Å². The molecule has 1 aliphatic heterocycles. The number of rotatable bonds is 3. The fourth-order valence-electron chi connectivity index (χ4n) is 3.52. The number of carbonyl (C=O) groups is 1. The number of ether oxygens (including phenoxy) is 1. The number of carbonyl (C=O) groups excluding carboxylic acids is 1. The van der Waals surface area contributed by atoms with Gasteiger partial charge in [-0.25, -0.2) is 28.7 Å². The van der Waals surface area contributed by atoms with Crippen LogP contribution >= 0.6 is 0 Å². The summed E-state index contributed by atoms with van der Waals surface area (Å²) >= 11 is 0. The van der Waals surface area contributed by atoms with Crippen LogP contribution in [0.4, 0.5) is 26.4 Å². The third-order valence-corrected chi connectivity index (χ3v) is 5.06. The first-order valence-electron chi connectivity index (χ1n) is 10.2. The Morgan fingerprint density at radius 2 is 2.03 bits per heavy atom. The number of amides is 1. The van der Waals surface area contributed by atoms with Gasteiger partial charge < -0.3 is 15.0 Å². The van der Waals surface area contributed by atoms with Crippen LogP contribution in [0.3, 0.4) is 0 Å². The number of likely N-dealkylation sites (tertiary alicyclic amines) is 1. The van der Waals surface area contributed by atoms with Crippen molar-refractivity contribution in [2.24, 2.45) is 0 Å². The van der Waals surface area contributed by atoms with Gasteiger partial charge in [-0.1, -0.05) is 11.3 Å². The molecule has 11 heteroatoms. The van der Waals surface area contributed by atoms with E-state index in [0.29, 0.717) is 42.9 Å². The van der Waals surface area contributed by atoms with Gasteiger partial charge in [-0.3, -0.25) is 0 Å². The molecule has 0 aliphatic carbocycles. The van der Waals surface area contributed by atoms with Gasteiger partial charge >= 0.3 is 6.09 Å². The highest BCUT2D eigenvalue weighted by Gasteiger charge is 2.29. The van der Waals surface area contributed by atoms with E-state index in [-0.39, 0.29) is 23.5 Å². The molecule has 1 saturated heterocycles. The Morgan fingerprint density at radius 1 is 1.28 bits per heavy atom. The number of halogens is 1. The van der Waals surface area contributed by atoms with Gasteiger partial charge in [-0.05, 0) is 45.7 Å². The summed E-state index contributed by atoms with van der Waals surface area (Å²) in [6.07, 6.45) is 2.40. The molecule has 166 valence electrons. The van der Waals surface area contributed by atoms with E-state index >= 15 is 0 Å². The molecule has 0 atom stereocenters. The van der Waals surface area contributed by atoms with Crippen molar-refractivity contribution < 1.29 is 13.9 Å². The number of fused-ring (bicyclic) bond motifs is 1. The van der Waals surface area contributed by atoms with Gasteiger partial charge in [0.1, 0.15) is 17.7 Å². The number of hydrogen-bond donors (Lipinski definition) is 1. The lowest BCUT2D eigenvalue weighted by molar-refractivity contribution is 0.0185. The monoisotopic (exact) mass is 438 g/mol. The van der Waals surface area contributed by atoms with E-state index in [9.17, 15) is 9.18 Å². The van der Waals surface area contributed by atoms with Crippen LogP contribution in [0.15, 0.2) is 24.5 Å². The molecule has 1 aromatic carbocycles. The van der Waals surface area contributed by atoms with E-state index in [1.54, 1.807) is 9.58 Å². The van der Waals surface area contributed by atoms with Crippen molar-refractivity contribution in [3.8, 4) is 0 Å². The highest BCUT2D eigenvalue weighted by atomic mass is 19.1. The number of nitrogens with zero attached hydrogens (tertiary/aromatic N) is 7. The highest BCUT2D eigenvalue weighted by Crippen LogP contribution is 2.29. The van der Waals surface area contributed by atoms with E-state index in [4.69, 9.17) is 11.3 Å². The number of benzene rings is 1. The Bertz CT molecular complexity index is 1190. The molecule has 32 heavy (non-hydrogen) atoms. The lowest BCUT2D eigenvalue weighted by Crippen LogP contribution is -2.42. The van der Waals surface area contributed by atoms with Gasteiger partial charge in [0.05, 0.1) is 18.3 Å². The molecular weight excluding hydrogens is 415 g/mol. The lowest BCUT2D eigenvalue weighted by atomic mass is 10.1. The van der Waals surface area contributed by atoms with Crippen molar-refractivity contribution >= 4 is 34.4 Å². The highest BCUT2D eigenvalue weighted by molar-refractivity contribution is 5.84. The van der Waals surface area contributed by atoms with Crippen LogP contribution in [0.1, 0.15) is 39.7 Å². The van der Waals surface area contributed by atoms with Crippen LogP contribution in [-0.4, -0.2) is 54.6 Å². The Balaban J connectivity index is 1.51. The fraction of sp³-hybridized carbons (Fsp3) is 0.429. The molecule has 10 nitrogen and oxygen atoms in total. The number of anilines is 2. The Morgan fingerprint density at radius 3 is 2.69 bits per heavy atom. The number of nitrogens with one attached hydrogen (secondary N) is 1. The van der Waals surface area contributed by atoms with Crippen molar-refractivity contribution in [2.45, 2.75) is 45.3 Å². The maximum Gasteiger partial charge on any atom is 0.410 e. The quantitative estimate of drug-likeness (QED) is 0.611. The molecule has 0 saturated carbocycles. The maximum atomic E-state index is 14.3. The van der Waals surface area contributed by atoms with Crippen LogP contribution in [0, 0.1) is 12.4 Å². The van der Waals surface area contributed by atoms with Crippen molar-refractivity contribution in [3.05, 3.63) is 41.8 Å². The zero-order valence-corrected chi connectivity index (χ0v) is 18.0. The molecule has 1 amide bonds. The van der Waals surface area contributed by atoms with Crippen molar-refractivity contribution in [3.63, 3.8) is 0 Å². The summed E-state index contributed by atoms with van der Waals surface area (Å²) in [5.41, 5.74) is 0.792. The first-order chi connectivity index (χ1) is 15.2. The first kappa shape index (κ1) is 21.4. The first-order valence-corrected chi connectivity index (χ1v) is 10.2. The number of piperidine rings is 1. The van der Waals surface area contributed by atoms with Gasteiger partial charge in [-0.2, -0.15) is 0 Å². The topological polar surface area (TPSA) is 102 Å². The van der Waals surface area contributed by atoms with Crippen LogP contribution < -0.4 is 5.32 Å². The van der Waals surface area contributed by atoms with Crippen LogP contribution in [0.5, 0.6) is 0 Å². The van der Waals surface area contributed by atoms with E-state index in [0.717, 1.165) is 6.07 Å². The van der Waals surface area contributed by atoms with Crippen LogP contribution in [0.2, 0.25) is 0 Å². The fourth-order valence-corrected chi connectivity index (χ4v) is 3.52. The summed E-state index contributed by atoms with van der Waals surface area (Å²) in [5.74, 6) is -0.242. The predicted octanol–water partition coefficient (Wildman–Crippen LogP) is 4.23. The molecule has 2 aromatic heterocycles. The summed E-state index contributed by atoms with van der Waals surface area (Å²) in [6, 6.07) is 4.17. The van der Waals surface area contributed by atoms with Gasteiger partial charge in [-0.15, -0.1) is 5.10 Å². The van der Waals surface area contributed by atoms with E-state index in [1.165, 1.54) is 18.5 Å². The average molecular weight is 438 g/mol. The predicted molar refractivity (Wildman–Crippen MR) is 115 cm³/mol. The largest absolute Gasteiger partial charge is 0.444 e. The third kappa shape index (κ3) is 4.44. The molecule has 4 rings (SSSR count). The summed E-state index contributed by atoms with van der Waals surface area (Å²) in [4.78, 5) is 25.7. The second-order valence-corrected chi connectivity index (χ2v) is 8.53. The minimum absolute atomic E-state index is 0.0103. The average Bonchev–Trinajstić information content (AvgIpc) is 3.19. The van der Waals surface area contributed by atoms with Crippen LogP contribution in [-0.2, 0) is 4.74 Å². The van der Waals surface area contributed by atoms with Crippen LogP contribution in [0.25, 0.3) is 16.0 Å². The molecule has 0 unspecified atom stereocenters. The van der Waals surface area contributed by atoms with E-state index in [2.05, 4.69) is 30.4 Å². The molecule has 0 bridgehead atoms. The van der Waals surface area contributed by atoms with Gasteiger partial charge in [0, 0.05) is 13.1 Å². The minimum atomic E-state index is -0.563. The standard InChI is InChI=1S/C21H23FN8O2/c1-21(2,3)32-20(31)29-9-7-14(8-10-29)30-19-17(27-28-30)18(24-12-25-19)26-16-6-5-13(23-4)11-15(16)22/h5-6,11-12,14H,7-10H2,1-3H3,(H,24,25,26).